The van der Waals surface area contributed by atoms with Gasteiger partial charge in [0.15, 0.2) is 5.69 Å². The van der Waals surface area contributed by atoms with E-state index in [4.69, 9.17) is 4.63 Å². The molecule has 0 radical (unpaired) electrons. The number of aromatic nitrogens is 2. The van der Waals surface area contributed by atoms with Gasteiger partial charge in [0.1, 0.15) is 5.69 Å². The molecule has 2 bridgehead atoms. The Kier molecular flexibility index (Phi) is 7.57. The molecule has 3 amide bonds. The molecule has 3 fully saturated rings. The third-order valence-electron chi connectivity index (χ3n) is 7.98. The van der Waals surface area contributed by atoms with Crippen molar-refractivity contribution in [1.82, 2.24) is 25.4 Å². The van der Waals surface area contributed by atoms with Gasteiger partial charge in [0, 0.05) is 44.6 Å². The number of rotatable bonds is 2. The molecule has 0 aliphatic carbocycles. The molecule has 3 aliphatic heterocycles. The summed E-state index contributed by atoms with van der Waals surface area (Å²) in [5.74, 6) is 1.28. The van der Waals surface area contributed by atoms with Crippen molar-refractivity contribution in [2.45, 2.75) is 84.7 Å². The molecule has 0 aromatic carbocycles. The minimum atomic E-state index is -0.148. The van der Waals surface area contributed by atoms with E-state index in [1.54, 1.807) is 6.92 Å². The second kappa shape index (κ2) is 10.4. The number of hydrogen-bond acceptors (Lipinski definition) is 6. The highest BCUT2D eigenvalue weighted by Gasteiger charge is 2.44. The van der Waals surface area contributed by atoms with Crippen molar-refractivity contribution in [2.75, 3.05) is 19.6 Å². The van der Waals surface area contributed by atoms with Gasteiger partial charge in [-0.3, -0.25) is 14.4 Å². The predicted molar refractivity (Wildman–Crippen MR) is 126 cm³/mol. The molecule has 0 spiro atoms. The lowest BCUT2D eigenvalue weighted by atomic mass is 9.77. The number of carbonyl (C=O) groups is 3. The Morgan fingerprint density at radius 3 is 2.62 bits per heavy atom. The number of fused-ring (bicyclic) bond motifs is 4. The highest BCUT2D eigenvalue weighted by Crippen LogP contribution is 2.37. The zero-order valence-corrected chi connectivity index (χ0v) is 21.0. The van der Waals surface area contributed by atoms with E-state index in [0.717, 1.165) is 32.1 Å². The van der Waals surface area contributed by atoms with Crippen LogP contribution < -0.4 is 5.32 Å². The Morgan fingerprint density at radius 2 is 1.91 bits per heavy atom. The Balaban J connectivity index is 1.51. The van der Waals surface area contributed by atoms with Crippen molar-refractivity contribution >= 4 is 17.7 Å². The van der Waals surface area contributed by atoms with E-state index in [9.17, 15) is 14.4 Å². The molecule has 3 aliphatic rings. The lowest BCUT2D eigenvalue weighted by molar-refractivity contribution is -0.141. The first-order valence-electron chi connectivity index (χ1n) is 12.9. The standard InChI is InChI=1S/C25H39N5O4/c1-15(2)20-9-8-16(3)10-23(32)30-13-18-11-19(21(30)6-5-7-22(31)26-20)14-29(12-18)25(33)24-17(4)27-34-28-24/h15-16,18-21H,5-14H2,1-4H3,(H,26,31)/t16-,18+,19-,20+,21+/m1/s1. The van der Waals surface area contributed by atoms with Crippen LogP contribution in [0.25, 0.3) is 0 Å². The molecule has 1 N–H and O–H groups in total. The fraction of sp³-hybridized carbons (Fsp3) is 0.800. The molecule has 1 aromatic rings. The van der Waals surface area contributed by atoms with E-state index in [0.29, 0.717) is 44.1 Å². The van der Waals surface area contributed by atoms with E-state index in [1.165, 1.54) is 0 Å². The third kappa shape index (κ3) is 5.44. The van der Waals surface area contributed by atoms with Crippen LogP contribution in [-0.4, -0.2) is 69.6 Å². The van der Waals surface area contributed by atoms with Gasteiger partial charge in [-0.15, -0.1) is 0 Å². The fourth-order valence-electron chi connectivity index (χ4n) is 6.05. The minimum absolute atomic E-state index is 0.0533. The van der Waals surface area contributed by atoms with Gasteiger partial charge in [-0.05, 0) is 67.9 Å². The van der Waals surface area contributed by atoms with Gasteiger partial charge in [0.05, 0.1) is 0 Å². The molecule has 188 valence electrons. The van der Waals surface area contributed by atoms with Gasteiger partial charge in [-0.2, -0.15) is 0 Å². The summed E-state index contributed by atoms with van der Waals surface area (Å²) in [5.41, 5.74) is 0.771. The number of hydrogen-bond donors (Lipinski definition) is 1. The van der Waals surface area contributed by atoms with Gasteiger partial charge in [0.25, 0.3) is 5.91 Å². The van der Waals surface area contributed by atoms with E-state index in [2.05, 4.69) is 41.3 Å². The number of aryl methyl sites for hydroxylation is 1. The topological polar surface area (TPSA) is 109 Å². The van der Waals surface area contributed by atoms with Crippen LogP contribution in [0.3, 0.4) is 0 Å². The summed E-state index contributed by atoms with van der Waals surface area (Å²) >= 11 is 0. The fourth-order valence-corrected chi connectivity index (χ4v) is 6.05. The summed E-state index contributed by atoms with van der Waals surface area (Å²) in [6, 6.07) is 0.208. The number of amides is 3. The number of nitrogens with zero attached hydrogens (tertiary/aromatic N) is 4. The Hall–Kier alpha value is -2.45. The van der Waals surface area contributed by atoms with Gasteiger partial charge < -0.3 is 15.1 Å². The first-order chi connectivity index (χ1) is 16.2. The maximum atomic E-state index is 13.5. The van der Waals surface area contributed by atoms with Crippen molar-refractivity contribution in [3.8, 4) is 0 Å². The molecule has 1 aromatic heterocycles. The molecule has 0 unspecified atom stereocenters. The number of nitrogens with one attached hydrogen (secondary N) is 1. The summed E-state index contributed by atoms with van der Waals surface area (Å²) in [4.78, 5) is 43.1. The monoisotopic (exact) mass is 473 g/mol. The number of carbonyl (C=O) groups excluding carboxylic acids is 3. The van der Waals surface area contributed by atoms with Crippen LogP contribution in [0.2, 0.25) is 0 Å². The summed E-state index contributed by atoms with van der Waals surface area (Å²) in [5, 5.41) is 10.8. The maximum Gasteiger partial charge on any atom is 0.278 e. The lowest BCUT2D eigenvalue weighted by Crippen LogP contribution is -2.60. The van der Waals surface area contributed by atoms with E-state index in [-0.39, 0.29) is 53.3 Å². The van der Waals surface area contributed by atoms with Crippen molar-refractivity contribution in [2.24, 2.45) is 23.7 Å². The quantitative estimate of drug-likeness (QED) is 0.708. The average Bonchev–Trinajstić information content (AvgIpc) is 3.22. The van der Waals surface area contributed by atoms with Crippen molar-refractivity contribution < 1.29 is 19.0 Å². The zero-order valence-electron chi connectivity index (χ0n) is 21.0. The first kappa shape index (κ1) is 24.7. The van der Waals surface area contributed by atoms with Crippen LogP contribution in [0.5, 0.6) is 0 Å². The largest absolute Gasteiger partial charge is 0.353 e. The molecule has 4 rings (SSSR count). The van der Waals surface area contributed by atoms with Crippen LogP contribution in [-0.2, 0) is 9.59 Å². The minimum Gasteiger partial charge on any atom is -0.353 e. The van der Waals surface area contributed by atoms with Crippen LogP contribution in [0.4, 0.5) is 0 Å². The molecule has 5 atom stereocenters. The summed E-state index contributed by atoms with van der Waals surface area (Å²) in [6.45, 7) is 10.0. The van der Waals surface area contributed by atoms with Gasteiger partial charge in [0.2, 0.25) is 11.8 Å². The molecule has 3 saturated heterocycles. The molecule has 4 heterocycles. The summed E-state index contributed by atoms with van der Waals surface area (Å²) < 4.78 is 4.74. The van der Waals surface area contributed by atoms with Crippen molar-refractivity contribution in [1.29, 1.82) is 0 Å². The summed E-state index contributed by atoms with van der Waals surface area (Å²) in [7, 11) is 0. The third-order valence-corrected chi connectivity index (χ3v) is 7.98. The van der Waals surface area contributed by atoms with Gasteiger partial charge >= 0.3 is 0 Å². The van der Waals surface area contributed by atoms with Gasteiger partial charge in [-0.1, -0.05) is 25.9 Å². The van der Waals surface area contributed by atoms with Crippen molar-refractivity contribution in [3.63, 3.8) is 0 Å². The Labute approximate surface area is 201 Å². The molecule has 0 saturated carbocycles. The van der Waals surface area contributed by atoms with Crippen LogP contribution in [0.15, 0.2) is 4.63 Å². The second-order valence-electron chi connectivity index (χ2n) is 11.1. The predicted octanol–water partition coefficient (Wildman–Crippen LogP) is 2.80. The average molecular weight is 474 g/mol. The lowest BCUT2D eigenvalue weighted by Gasteiger charge is -2.51. The SMILES string of the molecule is Cc1nonc1C(=O)N1C[C@@H]2C[C@H](C1)[C@@H]1CCCC(=O)N[C@H](C(C)C)CC[C@@H](C)CC(=O)N1C2. The van der Waals surface area contributed by atoms with Crippen molar-refractivity contribution in [3.05, 3.63) is 11.4 Å². The molecule has 9 nitrogen and oxygen atoms in total. The second-order valence-corrected chi connectivity index (χ2v) is 11.1. The molecule has 34 heavy (non-hydrogen) atoms. The van der Waals surface area contributed by atoms with Gasteiger partial charge in [-0.25, -0.2) is 4.63 Å². The van der Waals surface area contributed by atoms with E-state index < -0.39 is 0 Å². The molecular weight excluding hydrogens is 434 g/mol. The summed E-state index contributed by atoms with van der Waals surface area (Å²) in [6.07, 6.45) is 5.37. The van der Waals surface area contributed by atoms with E-state index in [1.807, 2.05) is 4.90 Å². The van der Waals surface area contributed by atoms with Crippen LogP contribution in [0.1, 0.15) is 81.9 Å². The molecule has 9 heteroatoms. The smallest absolute Gasteiger partial charge is 0.278 e. The Morgan fingerprint density at radius 1 is 1.12 bits per heavy atom. The van der Waals surface area contributed by atoms with E-state index >= 15 is 0 Å². The zero-order chi connectivity index (χ0) is 24.4. The maximum absolute atomic E-state index is 13.5. The van der Waals surface area contributed by atoms with Crippen LogP contribution in [0, 0.1) is 30.6 Å². The first-order valence-corrected chi connectivity index (χ1v) is 12.9. The highest BCUT2D eigenvalue weighted by molar-refractivity contribution is 5.93. The number of likely N-dealkylation sites (tertiary alicyclic amines) is 1. The van der Waals surface area contributed by atoms with Crippen LogP contribution >= 0.6 is 0 Å². The normalized spacial score (nSPS) is 31.3. The highest BCUT2D eigenvalue weighted by atomic mass is 16.6. The molecular formula is C25H39N5O4. The number of piperidine rings is 2. The Bertz CT molecular complexity index is 900.